The van der Waals surface area contributed by atoms with Crippen LogP contribution < -0.4 is 16.0 Å². The number of sulfonamides is 1. The number of nitrogens with zero attached hydrogens (tertiary/aromatic N) is 2. The fraction of sp³-hybridized carbons (Fsp3) is 0.125. The van der Waals surface area contributed by atoms with Crippen LogP contribution in [0, 0.1) is 0 Å². The summed E-state index contributed by atoms with van der Waals surface area (Å²) >= 11 is 0. The van der Waals surface area contributed by atoms with Gasteiger partial charge in [-0.25, -0.2) is 4.79 Å². The number of benzene rings is 3. The topological polar surface area (TPSA) is 120 Å². The maximum atomic E-state index is 12.9. The van der Waals surface area contributed by atoms with Crippen molar-refractivity contribution in [1.29, 1.82) is 0 Å². The Morgan fingerprint density at radius 2 is 1.46 bits per heavy atom. The van der Waals surface area contributed by atoms with Crippen molar-refractivity contribution >= 4 is 44.9 Å². The highest BCUT2D eigenvalue weighted by atomic mass is 32.2. The van der Waals surface area contributed by atoms with Crippen molar-refractivity contribution in [3.05, 3.63) is 83.9 Å². The summed E-state index contributed by atoms with van der Waals surface area (Å²) in [5, 5.41) is 7.46. The van der Waals surface area contributed by atoms with Crippen LogP contribution in [-0.2, 0) is 21.0 Å². The second-order valence-electron chi connectivity index (χ2n) is 8.03. The highest BCUT2D eigenvalue weighted by Gasteiger charge is 2.31. The number of carbonyl (C=O) groups is 2. The second kappa shape index (κ2) is 9.93. The number of nitrogens with one attached hydrogen (secondary N) is 3. The number of carbonyl (C=O) groups excluding carboxylic acids is 2. The van der Waals surface area contributed by atoms with E-state index in [0.717, 1.165) is 12.1 Å². The maximum absolute atomic E-state index is 12.9. The zero-order valence-electron chi connectivity index (χ0n) is 19.2. The molecule has 3 aromatic carbocycles. The molecule has 0 aliphatic carbocycles. The van der Waals surface area contributed by atoms with Gasteiger partial charge in [-0.15, -0.1) is 4.40 Å². The summed E-state index contributed by atoms with van der Waals surface area (Å²) in [6.45, 7) is -0.212. The fourth-order valence-electron chi connectivity index (χ4n) is 3.60. The Balaban J connectivity index is 1.37. The summed E-state index contributed by atoms with van der Waals surface area (Å²) in [6, 6.07) is 15.8. The Morgan fingerprint density at radius 3 is 2.14 bits per heavy atom. The van der Waals surface area contributed by atoms with E-state index in [1.807, 2.05) is 0 Å². The van der Waals surface area contributed by atoms with Gasteiger partial charge in [0.15, 0.2) is 5.84 Å². The third-order valence-electron chi connectivity index (χ3n) is 5.21. The summed E-state index contributed by atoms with van der Waals surface area (Å²) in [7, 11) is -2.30. The van der Waals surface area contributed by atoms with Crippen LogP contribution in [0.15, 0.2) is 82.1 Å². The number of anilines is 3. The van der Waals surface area contributed by atoms with Gasteiger partial charge >= 0.3 is 12.2 Å². The summed E-state index contributed by atoms with van der Waals surface area (Å²) in [5.41, 5.74) is 0.0612. The molecule has 192 valence electrons. The van der Waals surface area contributed by atoms with Crippen LogP contribution in [0.1, 0.15) is 11.1 Å². The van der Waals surface area contributed by atoms with E-state index in [-0.39, 0.29) is 28.7 Å². The van der Waals surface area contributed by atoms with E-state index in [4.69, 9.17) is 0 Å². The Hall–Kier alpha value is -4.39. The van der Waals surface area contributed by atoms with Crippen molar-refractivity contribution in [3.63, 3.8) is 0 Å². The lowest BCUT2D eigenvalue weighted by Gasteiger charge is -2.18. The Labute approximate surface area is 210 Å². The van der Waals surface area contributed by atoms with Crippen molar-refractivity contribution in [1.82, 2.24) is 4.90 Å². The molecule has 0 bridgehead atoms. The van der Waals surface area contributed by atoms with E-state index in [0.29, 0.717) is 11.3 Å². The molecule has 37 heavy (non-hydrogen) atoms. The number of alkyl halides is 3. The summed E-state index contributed by atoms with van der Waals surface area (Å²) < 4.78 is 66.9. The number of hydrogen-bond donors (Lipinski definition) is 3. The second-order valence-corrected chi connectivity index (χ2v) is 9.60. The first-order valence-corrected chi connectivity index (χ1v) is 12.2. The van der Waals surface area contributed by atoms with Crippen LogP contribution in [0.3, 0.4) is 0 Å². The first-order valence-electron chi connectivity index (χ1n) is 10.7. The minimum atomic E-state index is -4.54. The summed E-state index contributed by atoms with van der Waals surface area (Å²) in [5.74, 6) is -0.329. The van der Waals surface area contributed by atoms with Crippen molar-refractivity contribution in [3.8, 4) is 0 Å². The molecule has 1 heterocycles. The standard InChI is InChI=1S/C24H20F3N5O4S/c1-32(22-19-10-2-3-11-20(19)37(35,36)31-22)14-21(33)28-17-8-5-9-18(13-17)30-23(34)29-16-7-4-6-15(12-16)24(25,26)27/h2-13H,14H2,1H3,(H,28,33)(H2,29,30,34). The number of amides is 3. The molecule has 1 aliphatic heterocycles. The molecular weight excluding hydrogens is 511 g/mol. The maximum Gasteiger partial charge on any atom is 0.416 e. The van der Waals surface area contributed by atoms with Crippen LogP contribution >= 0.6 is 0 Å². The highest BCUT2D eigenvalue weighted by molar-refractivity contribution is 7.90. The largest absolute Gasteiger partial charge is 0.416 e. The minimum Gasteiger partial charge on any atom is -0.349 e. The number of amidine groups is 1. The molecule has 0 saturated carbocycles. The Bertz CT molecular complexity index is 1510. The van der Waals surface area contributed by atoms with Gasteiger partial charge in [-0.3, -0.25) is 4.79 Å². The highest BCUT2D eigenvalue weighted by Crippen LogP contribution is 2.31. The van der Waals surface area contributed by atoms with Gasteiger partial charge < -0.3 is 20.9 Å². The number of rotatable bonds is 5. The SMILES string of the molecule is CN(CC(=O)Nc1cccc(NC(=O)Nc2cccc(C(F)(F)F)c2)c1)C1=NS(=O)(=O)c2ccccc21. The van der Waals surface area contributed by atoms with Crippen LogP contribution in [0.4, 0.5) is 35.0 Å². The van der Waals surface area contributed by atoms with Gasteiger partial charge in [-0.05, 0) is 48.5 Å². The molecule has 0 atom stereocenters. The quantitative estimate of drug-likeness (QED) is 0.452. The van der Waals surface area contributed by atoms with Crippen molar-refractivity contribution in [2.45, 2.75) is 11.1 Å². The van der Waals surface area contributed by atoms with Gasteiger partial charge in [0, 0.05) is 29.7 Å². The number of fused-ring (bicyclic) bond motifs is 1. The van der Waals surface area contributed by atoms with Crippen LogP contribution in [0.5, 0.6) is 0 Å². The van der Waals surface area contributed by atoms with Crippen molar-refractivity contribution in [2.75, 3.05) is 29.5 Å². The van der Waals surface area contributed by atoms with Gasteiger partial charge in [-0.1, -0.05) is 24.3 Å². The van der Waals surface area contributed by atoms with Crippen molar-refractivity contribution in [2.24, 2.45) is 4.40 Å². The molecule has 1 aliphatic rings. The third-order valence-corrected chi connectivity index (χ3v) is 6.53. The average molecular weight is 532 g/mol. The lowest BCUT2D eigenvalue weighted by atomic mass is 10.2. The van der Waals surface area contributed by atoms with E-state index in [1.54, 1.807) is 30.3 Å². The lowest BCUT2D eigenvalue weighted by molar-refractivity contribution is -0.137. The predicted molar refractivity (Wildman–Crippen MR) is 132 cm³/mol. The van der Waals surface area contributed by atoms with E-state index in [9.17, 15) is 31.2 Å². The number of hydrogen-bond acceptors (Lipinski definition) is 5. The minimum absolute atomic E-state index is 0.0433. The van der Waals surface area contributed by atoms with Crippen molar-refractivity contribution < 1.29 is 31.2 Å². The zero-order chi connectivity index (χ0) is 26.8. The number of likely N-dealkylation sites (N-methyl/N-ethyl adjacent to an activating group) is 1. The normalized spacial score (nSPS) is 13.8. The van der Waals surface area contributed by atoms with E-state index < -0.39 is 33.7 Å². The molecule has 0 aromatic heterocycles. The fourth-order valence-corrected chi connectivity index (χ4v) is 4.85. The Morgan fingerprint density at radius 1 is 0.865 bits per heavy atom. The van der Waals surface area contributed by atoms with Gasteiger partial charge in [0.1, 0.15) is 4.90 Å². The molecule has 13 heteroatoms. The molecule has 0 saturated heterocycles. The first kappa shape index (κ1) is 25.7. The Kier molecular flexibility index (Phi) is 6.90. The van der Waals surface area contributed by atoms with E-state index >= 15 is 0 Å². The molecular formula is C24H20F3N5O4S. The first-order chi connectivity index (χ1) is 17.4. The lowest BCUT2D eigenvalue weighted by Crippen LogP contribution is -2.34. The van der Waals surface area contributed by atoms with E-state index in [2.05, 4.69) is 20.3 Å². The zero-order valence-corrected chi connectivity index (χ0v) is 20.0. The molecule has 9 nitrogen and oxygen atoms in total. The molecule has 0 fully saturated rings. The molecule has 0 unspecified atom stereocenters. The van der Waals surface area contributed by atoms with Gasteiger partial charge in [0.2, 0.25) is 5.91 Å². The summed E-state index contributed by atoms with van der Waals surface area (Å²) in [4.78, 5) is 26.3. The van der Waals surface area contributed by atoms with Gasteiger partial charge in [-0.2, -0.15) is 21.6 Å². The molecule has 0 radical (unpaired) electrons. The predicted octanol–water partition coefficient (Wildman–Crippen LogP) is 4.37. The van der Waals surface area contributed by atoms with Gasteiger partial charge in [0.05, 0.1) is 12.1 Å². The molecule has 4 rings (SSSR count). The van der Waals surface area contributed by atoms with Crippen LogP contribution in [0.2, 0.25) is 0 Å². The monoisotopic (exact) mass is 531 g/mol. The number of urea groups is 1. The molecule has 0 spiro atoms. The smallest absolute Gasteiger partial charge is 0.349 e. The van der Waals surface area contributed by atoms with E-state index in [1.165, 1.54) is 42.3 Å². The molecule has 3 N–H and O–H groups in total. The summed E-state index contributed by atoms with van der Waals surface area (Å²) in [6.07, 6.45) is -4.54. The van der Waals surface area contributed by atoms with Gasteiger partial charge in [0.25, 0.3) is 10.0 Å². The molecule has 3 aromatic rings. The third kappa shape index (κ3) is 6.06. The number of halogens is 3. The van der Waals surface area contributed by atoms with Crippen LogP contribution in [0.25, 0.3) is 0 Å². The van der Waals surface area contributed by atoms with Crippen LogP contribution in [-0.4, -0.2) is 44.7 Å². The molecule has 3 amide bonds. The average Bonchev–Trinajstić information content (AvgIpc) is 3.10.